The fraction of sp³-hybridized carbons (Fsp3) is 0.857. The summed E-state index contributed by atoms with van der Waals surface area (Å²) in [5, 5.41) is 14.8. The summed E-state index contributed by atoms with van der Waals surface area (Å²) in [5.41, 5.74) is 0. The number of unbranched alkanes of at least 4 members (excludes halogenated alkanes) is 1. The Morgan fingerprint density at radius 3 is 2.74 bits per heavy atom. The van der Waals surface area contributed by atoms with Gasteiger partial charge in [-0.1, -0.05) is 26.2 Å². The molecule has 5 nitrogen and oxygen atoms in total. The van der Waals surface area contributed by atoms with Gasteiger partial charge in [-0.25, -0.2) is 4.79 Å². The molecule has 2 amide bonds. The highest BCUT2D eigenvalue weighted by molar-refractivity contribution is 5.74. The maximum atomic E-state index is 11.7. The molecule has 0 radical (unpaired) electrons. The summed E-state index contributed by atoms with van der Waals surface area (Å²) in [6.45, 7) is 4.58. The van der Waals surface area contributed by atoms with Crippen LogP contribution in [0.15, 0.2) is 0 Å². The third-order valence-corrected chi connectivity index (χ3v) is 3.87. The number of carbonyl (C=O) groups excluding carboxylic acids is 1. The van der Waals surface area contributed by atoms with E-state index in [2.05, 4.69) is 17.6 Å². The highest BCUT2D eigenvalue weighted by atomic mass is 16.4. The molecule has 5 heteroatoms. The number of hydrogen-bond acceptors (Lipinski definition) is 2. The number of nitrogens with one attached hydrogen (secondary N) is 2. The van der Waals surface area contributed by atoms with Crippen molar-refractivity contribution in [3.63, 3.8) is 0 Å². The van der Waals surface area contributed by atoms with Crippen LogP contribution in [0.4, 0.5) is 4.79 Å². The molecule has 0 aromatic rings. The van der Waals surface area contributed by atoms with Crippen LogP contribution < -0.4 is 10.6 Å². The largest absolute Gasteiger partial charge is 0.481 e. The van der Waals surface area contributed by atoms with Gasteiger partial charge in [-0.05, 0) is 32.1 Å². The predicted octanol–water partition coefficient (Wildman–Crippen LogP) is 2.37. The first-order chi connectivity index (χ1) is 9.04. The van der Waals surface area contributed by atoms with Crippen molar-refractivity contribution in [3.8, 4) is 0 Å². The molecule has 3 unspecified atom stereocenters. The molecule has 1 saturated carbocycles. The van der Waals surface area contributed by atoms with E-state index in [9.17, 15) is 9.59 Å². The zero-order valence-corrected chi connectivity index (χ0v) is 11.9. The van der Waals surface area contributed by atoms with Crippen molar-refractivity contribution in [2.75, 3.05) is 6.54 Å². The Morgan fingerprint density at radius 2 is 2.11 bits per heavy atom. The van der Waals surface area contributed by atoms with Crippen LogP contribution in [0, 0.1) is 11.8 Å². The highest BCUT2D eigenvalue weighted by Gasteiger charge is 2.32. The fourth-order valence-electron chi connectivity index (χ4n) is 2.69. The topological polar surface area (TPSA) is 78.4 Å². The van der Waals surface area contributed by atoms with E-state index in [-0.39, 0.29) is 23.9 Å². The van der Waals surface area contributed by atoms with Gasteiger partial charge >= 0.3 is 12.0 Å². The van der Waals surface area contributed by atoms with Gasteiger partial charge in [-0.3, -0.25) is 4.79 Å². The molecule has 3 N–H and O–H groups in total. The number of aliphatic carboxylic acids is 1. The maximum absolute atomic E-state index is 11.7. The van der Waals surface area contributed by atoms with Crippen molar-refractivity contribution < 1.29 is 14.7 Å². The van der Waals surface area contributed by atoms with Crippen LogP contribution in [-0.2, 0) is 4.79 Å². The number of amides is 2. The summed E-state index contributed by atoms with van der Waals surface area (Å²) < 4.78 is 0. The van der Waals surface area contributed by atoms with Crippen LogP contribution in [0.1, 0.15) is 52.4 Å². The third kappa shape index (κ3) is 5.49. The first-order valence-corrected chi connectivity index (χ1v) is 7.31. The number of carboxylic acid groups (broad SMARTS) is 1. The second kappa shape index (κ2) is 8.02. The molecule has 0 aromatic heterocycles. The Morgan fingerprint density at radius 1 is 1.37 bits per heavy atom. The normalized spacial score (nSPS) is 23.9. The SMILES string of the molecule is CCCCC(C)NC(=O)NCC1CCCC1C(=O)O. The molecule has 0 bridgehead atoms. The number of rotatable bonds is 7. The summed E-state index contributed by atoms with van der Waals surface area (Å²) in [6.07, 6.45) is 5.77. The Labute approximate surface area is 115 Å². The summed E-state index contributed by atoms with van der Waals surface area (Å²) >= 11 is 0. The Bertz CT molecular complexity index is 307. The molecular weight excluding hydrogens is 244 g/mol. The van der Waals surface area contributed by atoms with Gasteiger partial charge in [0.05, 0.1) is 5.92 Å². The second-order valence-corrected chi connectivity index (χ2v) is 5.53. The van der Waals surface area contributed by atoms with Gasteiger partial charge in [0.15, 0.2) is 0 Å². The van der Waals surface area contributed by atoms with Gasteiger partial charge in [-0.2, -0.15) is 0 Å². The lowest BCUT2D eigenvalue weighted by Crippen LogP contribution is -2.43. The van der Waals surface area contributed by atoms with Crippen molar-refractivity contribution in [2.24, 2.45) is 11.8 Å². The van der Waals surface area contributed by atoms with Gasteiger partial charge < -0.3 is 15.7 Å². The van der Waals surface area contributed by atoms with E-state index in [0.29, 0.717) is 6.54 Å². The molecule has 0 saturated heterocycles. The minimum atomic E-state index is -0.735. The molecule has 0 aliphatic heterocycles. The smallest absolute Gasteiger partial charge is 0.315 e. The molecule has 1 aliphatic rings. The van der Waals surface area contributed by atoms with Crippen molar-refractivity contribution >= 4 is 12.0 Å². The first-order valence-electron chi connectivity index (χ1n) is 7.31. The van der Waals surface area contributed by atoms with E-state index in [1.165, 1.54) is 0 Å². The lowest BCUT2D eigenvalue weighted by Gasteiger charge is -2.18. The van der Waals surface area contributed by atoms with E-state index >= 15 is 0 Å². The van der Waals surface area contributed by atoms with E-state index in [4.69, 9.17) is 5.11 Å². The lowest BCUT2D eigenvalue weighted by molar-refractivity contribution is -0.142. The molecule has 3 atom stereocenters. The Balaban J connectivity index is 2.24. The van der Waals surface area contributed by atoms with Gasteiger partial charge in [-0.15, -0.1) is 0 Å². The van der Waals surface area contributed by atoms with Crippen LogP contribution in [0.25, 0.3) is 0 Å². The minimum absolute atomic E-state index is 0.0780. The number of urea groups is 1. The first kappa shape index (κ1) is 15.8. The number of carbonyl (C=O) groups is 2. The summed E-state index contributed by atoms with van der Waals surface area (Å²) in [4.78, 5) is 22.7. The van der Waals surface area contributed by atoms with Crippen molar-refractivity contribution in [3.05, 3.63) is 0 Å². The van der Waals surface area contributed by atoms with E-state index in [1.54, 1.807) is 0 Å². The van der Waals surface area contributed by atoms with Gasteiger partial charge in [0.2, 0.25) is 0 Å². The lowest BCUT2D eigenvalue weighted by atomic mass is 9.96. The minimum Gasteiger partial charge on any atom is -0.481 e. The average molecular weight is 270 g/mol. The van der Waals surface area contributed by atoms with Gasteiger partial charge in [0.1, 0.15) is 0 Å². The monoisotopic (exact) mass is 270 g/mol. The van der Waals surface area contributed by atoms with Crippen LogP contribution in [0.3, 0.4) is 0 Å². The maximum Gasteiger partial charge on any atom is 0.315 e. The summed E-state index contributed by atoms with van der Waals surface area (Å²) in [5.74, 6) is -0.951. The Hall–Kier alpha value is -1.26. The van der Waals surface area contributed by atoms with Gasteiger partial charge in [0.25, 0.3) is 0 Å². The third-order valence-electron chi connectivity index (χ3n) is 3.87. The quantitative estimate of drug-likeness (QED) is 0.664. The van der Waals surface area contributed by atoms with Crippen LogP contribution >= 0.6 is 0 Å². The Kier molecular flexibility index (Phi) is 6.67. The number of carboxylic acids is 1. The molecule has 19 heavy (non-hydrogen) atoms. The van der Waals surface area contributed by atoms with E-state index in [1.807, 2.05) is 6.92 Å². The van der Waals surface area contributed by atoms with E-state index < -0.39 is 5.97 Å². The highest BCUT2D eigenvalue weighted by Crippen LogP contribution is 2.31. The molecule has 0 heterocycles. The van der Waals surface area contributed by atoms with Crippen molar-refractivity contribution in [2.45, 2.75) is 58.4 Å². The summed E-state index contributed by atoms with van der Waals surface area (Å²) in [6, 6.07) is -0.0153. The molecule has 110 valence electrons. The van der Waals surface area contributed by atoms with Gasteiger partial charge in [0, 0.05) is 12.6 Å². The fourth-order valence-corrected chi connectivity index (χ4v) is 2.69. The second-order valence-electron chi connectivity index (χ2n) is 5.53. The molecule has 0 spiro atoms. The molecule has 1 aliphatic carbocycles. The standard InChI is InChI=1S/C14H26N2O3/c1-3-4-6-10(2)16-14(19)15-9-11-7-5-8-12(11)13(17)18/h10-12H,3-9H2,1-2H3,(H,17,18)(H2,15,16,19). The van der Waals surface area contributed by atoms with Crippen molar-refractivity contribution in [1.29, 1.82) is 0 Å². The van der Waals surface area contributed by atoms with Crippen LogP contribution in [0.5, 0.6) is 0 Å². The number of hydrogen-bond donors (Lipinski definition) is 3. The molecule has 1 fully saturated rings. The van der Waals surface area contributed by atoms with E-state index in [0.717, 1.165) is 38.5 Å². The van der Waals surface area contributed by atoms with Crippen LogP contribution in [-0.4, -0.2) is 29.7 Å². The zero-order valence-electron chi connectivity index (χ0n) is 11.9. The molecule has 1 rings (SSSR count). The predicted molar refractivity (Wildman–Crippen MR) is 74.0 cm³/mol. The van der Waals surface area contributed by atoms with Crippen molar-refractivity contribution in [1.82, 2.24) is 10.6 Å². The average Bonchev–Trinajstić information content (AvgIpc) is 2.82. The molecular formula is C14H26N2O3. The zero-order chi connectivity index (χ0) is 14.3. The van der Waals surface area contributed by atoms with Crippen LogP contribution in [0.2, 0.25) is 0 Å². The summed E-state index contributed by atoms with van der Waals surface area (Å²) in [7, 11) is 0. The molecule has 0 aromatic carbocycles.